The van der Waals surface area contributed by atoms with Crippen molar-refractivity contribution in [1.29, 1.82) is 0 Å². The van der Waals surface area contributed by atoms with Crippen molar-refractivity contribution in [3.05, 3.63) is 0 Å². The molecule has 0 rings (SSSR count). The van der Waals surface area contributed by atoms with E-state index in [2.05, 4.69) is 0 Å². The summed E-state index contributed by atoms with van der Waals surface area (Å²) < 4.78 is 4.77. The van der Waals surface area contributed by atoms with E-state index >= 15 is 0 Å². The van der Waals surface area contributed by atoms with Crippen LogP contribution in [0.1, 0.15) is 20.8 Å². The van der Waals surface area contributed by atoms with E-state index in [0.29, 0.717) is 4.90 Å². The molecular weight excluding hydrogens is 162 g/mol. The van der Waals surface area contributed by atoms with E-state index in [1.54, 1.807) is 20.8 Å². The molecule has 70 valence electrons. The Bertz CT molecular complexity index is 194. The van der Waals surface area contributed by atoms with Gasteiger partial charge in [0.1, 0.15) is 5.60 Å². The highest BCUT2D eigenvalue weighted by atomic mass is 16.6. The molecule has 0 aromatic carbocycles. The highest BCUT2D eigenvalue weighted by Crippen LogP contribution is 2.08. The zero-order valence-electron chi connectivity index (χ0n) is 7.62. The fraction of sp³-hybridized carbons (Fsp3) is 0.714. The van der Waals surface area contributed by atoms with Crippen molar-refractivity contribution in [2.45, 2.75) is 26.4 Å². The van der Waals surface area contributed by atoms with Crippen molar-refractivity contribution in [2.75, 3.05) is 7.05 Å². The van der Waals surface area contributed by atoms with E-state index in [-0.39, 0.29) is 0 Å². The van der Waals surface area contributed by atoms with Gasteiger partial charge in [-0.1, -0.05) is 0 Å². The number of imide groups is 1. The minimum absolute atomic E-state index is 0.491. The summed E-state index contributed by atoms with van der Waals surface area (Å²) in [6, 6.07) is 0. The van der Waals surface area contributed by atoms with Gasteiger partial charge in [-0.2, -0.15) is 0 Å². The van der Waals surface area contributed by atoms with E-state index in [1.165, 1.54) is 0 Å². The minimum Gasteiger partial charge on any atom is -0.465 e. The van der Waals surface area contributed by atoms with E-state index in [0.717, 1.165) is 7.05 Å². The lowest BCUT2D eigenvalue weighted by molar-refractivity contribution is 0.0314. The normalized spacial score (nSPS) is 10.7. The van der Waals surface area contributed by atoms with Crippen molar-refractivity contribution >= 4 is 12.2 Å². The Hall–Kier alpha value is -1.26. The molecule has 5 heteroatoms. The van der Waals surface area contributed by atoms with Crippen LogP contribution in [-0.2, 0) is 4.74 Å². The van der Waals surface area contributed by atoms with Crippen LogP contribution in [0.15, 0.2) is 0 Å². The predicted molar refractivity (Wildman–Crippen MR) is 42.0 cm³/mol. The van der Waals surface area contributed by atoms with E-state index in [4.69, 9.17) is 9.84 Å². The Morgan fingerprint density at radius 3 is 2.00 bits per heavy atom. The van der Waals surface area contributed by atoms with Crippen LogP contribution >= 0.6 is 0 Å². The van der Waals surface area contributed by atoms with E-state index in [1.807, 2.05) is 0 Å². The summed E-state index contributed by atoms with van der Waals surface area (Å²) in [5.74, 6) is 0. The Morgan fingerprint density at radius 2 is 1.75 bits per heavy atom. The predicted octanol–water partition coefficient (Wildman–Crippen LogP) is 1.53. The number of carbonyl (C=O) groups is 2. The fourth-order valence-corrected chi connectivity index (χ4v) is 0.408. The van der Waals surface area contributed by atoms with Gasteiger partial charge in [0.15, 0.2) is 0 Å². The maximum atomic E-state index is 10.9. The molecule has 0 aromatic rings. The molecule has 0 spiro atoms. The molecule has 0 saturated carbocycles. The monoisotopic (exact) mass is 175 g/mol. The van der Waals surface area contributed by atoms with Gasteiger partial charge in [0.05, 0.1) is 0 Å². The smallest absolute Gasteiger partial charge is 0.419 e. The molecule has 0 bridgehead atoms. The van der Waals surface area contributed by atoms with Gasteiger partial charge < -0.3 is 9.84 Å². The zero-order chi connectivity index (χ0) is 9.94. The first kappa shape index (κ1) is 10.7. The largest absolute Gasteiger partial charge is 0.465 e. The third-order valence-corrected chi connectivity index (χ3v) is 0.954. The molecule has 0 aliphatic heterocycles. The van der Waals surface area contributed by atoms with Crippen LogP contribution in [0.25, 0.3) is 0 Å². The second kappa shape index (κ2) is 3.42. The van der Waals surface area contributed by atoms with Crippen LogP contribution < -0.4 is 0 Å². The number of carbonyl (C=O) groups excluding carboxylic acids is 1. The maximum absolute atomic E-state index is 10.9. The zero-order valence-corrected chi connectivity index (χ0v) is 7.62. The number of nitrogens with zero attached hydrogens (tertiary/aromatic N) is 1. The molecule has 0 unspecified atom stereocenters. The second-order valence-corrected chi connectivity index (χ2v) is 3.32. The topological polar surface area (TPSA) is 66.8 Å². The Balaban J connectivity index is 4.15. The lowest BCUT2D eigenvalue weighted by Gasteiger charge is -2.21. The summed E-state index contributed by atoms with van der Waals surface area (Å²) >= 11 is 0. The van der Waals surface area contributed by atoms with Crippen LogP contribution in [0.3, 0.4) is 0 Å². The third-order valence-electron chi connectivity index (χ3n) is 0.954. The number of ether oxygens (including phenoxy) is 1. The van der Waals surface area contributed by atoms with Crippen LogP contribution in [0, 0.1) is 0 Å². The molecule has 0 atom stereocenters. The molecule has 0 fully saturated rings. The summed E-state index contributed by atoms with van der Waals surface area (Å²) in [5, 5.41) is 8.37. The third kappa shape index (κ3) is 3.80. The number of rotatable bonds is 0. The molecule has 0 radical (unpaired) electrons. The van der Waals surface area contributed by atoms with Crippen LogP contribution in [0.2, 0.25) is 0 Å². The molecule has 0 heterocycles. The number of amides is 2. The highest BCUT2D eigenvalue weighted by molar-refractivity contribution is 5.86. The first-order valence-corrected chi connectivity index (χ1v) is 3.43. The summed E-state index contributed by atoms with van der Waals surface area (Å²) in [4.78, 5) is 21.7. The molecule has 0 aromatic heterocycles. The van der Waals surface area contributed by atoms with Crippen molar-refractivity contribution in [2.24, 2.45) is 0 Å². The van der Waals surface area contributed by atoms with Crippen molar-refractivity contribution in [3.8, 4) is 0 Å². The van der Waals surface area contributed by atoms with Crippen LogP contribution in [0.4, 0.5) is 9.59 Å². The molecule has 12 heavy (non-hydrogen) atoms. The number of hydrogen-bond acceptors (Lipinski definition) is 3. The highest BCUT2D eigenvalue weighted by Gasteiger charge is 2.22. The lowest BCUT2D eigenvalue weighted by atomic mass is 10.2. The van der Waals surface area contributed by atoms with Gasteiger partial charge in [-0.05, 0) is 20.8 Å². The standard InChI is InChI=1S/C7H13NO4/c1-7(2,3)12-6(11)8(4)5(9)10/h1-4H3,(H,9,10). The fourth-order valence-electron chi connectivity index (χ4n) is 0.408. The number of hydrogen-bond donors (Lipinski definition) is 1. The average molecular weight is 175 g/mol. The minimum atomic E-state index is -1.33. The van der Waals surface area contributed by atoms with Crippen LogP contribution in [-0.4, -0.2) is 34.8 Å². The first-order valence-electron chi connectivity index (χ1n) is 3.43. The second-order valence-electron chi connectivity index (χ2n) is 3.32. The van der Waals surface area contributed by atoms with Crippen molar-refractivity contribution in [3.63, 3.8) is 0 Å². The van der Waals surface area contributed by atoms with Gasteiger partial charge in [0.25, 0.3) is 0 Å². The average Bonchev–Trinajstić information content (AvgIpc) is 1.82. The van der Waals surface area contributed by atoms with Crippen molar-refractivity contribution < 1.29 is 19.4 Å². The SMILES string of the molecule is CN(C(=O)O)C(=O)OC(C)(C)C. The van der Waals surface area contributed by atoms with Crippen molar-refractivity contribution in [1.82, 2.24) is 4.90 Å². The summed E-state index contributed by atoms with van der Waals surface area (Å²) in [6.45, 7) is 5.00. The van der Waals surface area contributed by atoms with Gasteiger partial charge in [0, 0.05) is 7.05 Å². The molecular formula is C7H13NO4. The van der Waals surface area contributed by atoms with E-state index < -0.39 is 17.8 Å². The molecule has 2 amide bonds. The van der Waals surface area contributed by atoms with Gasteiger partial charge in [-0.25, -0.2) is 14.5 Å². The Kier molecular flexibility index (Phi) is 3.06. The van der Waals surface area contributed by atoms with Crippen LogP contribution in [0.5, 0.6) is 0 Å². The molecule has 5 nitrogen and oxygen atoms in total. The number of carboxylic acid groups (broad SMARTS) is 1. The molecule has 0 saturated heterocycles. The van der Waals surface area contributed by atoms with Gasteiger partial charge in [0.2, 0.25) is 0 Å². The Morgan fingerprint density at radius 1 is 1.33 bits per heavy atom. The molecule has 0 aliphatic carbocycles. The molecule has 0 aliphatic rings. The van der Waals surface area contributed by atoms with Gasteiger partial charge in [-0.3, -0.25) is 0 Å². The Labute approximate surface area is 70.9 Å². The summed E-state index contributed by atoms with van der Waals surface area (Å²) in [7, 11) is 1.14. The first-order chi connectivity index (χ1) is 5.24. The van der Waals surface area contributed by atoms with Gasteiger partial charge >= 0.3 is 12.2 Å². The molecule has 1 N–H and O–H groups in total. The summed E-state index contributed by atoms with van der Waals surface area (Å²) in [6.07, 6.45) is -2.20. The maximum Gasteiger partial charge on any atom is 0.419 e. The summed E-state index contributed by atoms with van der Waals surface area (Å²) in [5.41, 5.74) is -0.666. The quantitative estimate of drug-likeness (QED) is 0.606. The lowest BCUT2D eigenvalue weighted by Crippen LogP contribution is -2.37. The van der Waals surface area contributed by atoms with E-state index in [9.17, 15) is 9.59 Å². The van der Waals surface area contributed by atoms with Gasteiger partial charge in [-0.15, -0.1) is 0 Å².